The molecule has 166 valence electrons. The summed E-state index contributed by atoms with van der Waals surface area (Å²) in [5, 5.41) is 5.71. The molecule has 2 aliphatic rings. The predicted molar refractivity (Wildman–Crippen MR) is 123 cm³/mol. The Bertz CT molecular complexity index is 984. The van der Waals surface area contributed by atoms with Gasteiger partial charge in [-0.3, -0.25) is 4.79 Å². The average molecular weight is 444 g/mol. The first-order valence-corrected chi connectivity index (χ1v) is 11.8. The molecule has 0 bridgehead atoms. The lowest BCUT2D eigenvalue weighted by Crippen LogP contribution is -2.54. The van der Waals surface area contributed by atoms with Crippen molar-refractivity contribution < 1.29 is 9.53 Å². The Kier molecular flexibility index (Phi) is 6.82. The maximum atomic E-state index is 12.9. The number of benzene rings is 1. The molecule has 1 aromatic carbocycles. The maximum absolute atomic E-state index is 12.9. The Balaban J connectivity index is 1.43. The van der Waals surface area contributed by atoms with Crippen molar-refractivity contribution in [1.29, 1.82) is 0 Å². The number of aromatic nitrogens is 2. The fourth-order valence-corrected chi connectivity index (χ4v) is 4.92. The van der Waals surface area contributed by atoms with E-state index >= 15 is 0 Å². The highest BCUT2D eigenvalue weighted by molar-refractivity contribution is 8.00. The van der Waals surface area contributed by atoms with Crippen LogP contribution >= 0.6 is 11.8 Å². The molecule has 1 aliphatic carbocycles. The number of likely N-dealkylation sites (N-methyl/N-ethyl adjacent to an activating group) is 1. The van der Waals surface area contributed by atoms with Gasteiger partial charge < -0.3 is 20.0 Å². The Labute approximate surface area is 186 Å². The van der Waals surface area contributed by atoms with Gasteiger partial charge in [0.1, 0.15) is 10.8 Å². The van der Waals surface area contributed by atoms with Crippen LogP contribution in [0, 0.1) is 0 Å². The SMILES string of the molecule is CCOc1ccc(NC(=O)CSc2nc(=O)n(N3CCN(C)CC3)c3c2CCC3)cc1. The average Bonchev–Trinajstić information content (AvgIpc) is 3.24. The molecule has 1 aliphatic heterocycles. The van der Waals surface area contributed by atoms with Gasteiger partial charge >= 0.3 is 5.69 Å². The van der Waals surface area contributed by atoms with Crippen LogP contribution in [-0.2, 0) is 17.6 Å². The van der Waals surface area contributed by atoms with E-state index in [0.717, 1.165) is 68.1 Å². The molecule has 0 atom stereocenters. The number of nitrogens with one attached hydrogen (secondary N) is 1. The summed E-state index contributed by atoms with van der Waals surface area (Å²) in [6.45, 7) is 6.05. The second-order valence-electron chi connectivity index (χ2n) is 7.84. The molecule has 8 nitrogen and oxygen atoms in total. The van der Waals surface area contributed by atoms with E-state index in [1.807, 2.05) is 31.2 Å². The third kappa shape index (κ3) is 5.04. The van der Waals surface area contributed by atoms with E-state index in [-0.39, 0.29) is 17.3 Å². The summed E-state index contributed by atoms with van der Waals surface area (Å²) in [6.07, 6.45) is 2.80. The summed E-state index contributed by atoms with van der Waals surface area (Å²) < 4.78 is 7.21. The standard InChI is InChI=1S/C22H29N5O3S/c1-3-30-17-9-7-16(8-10-17)23-20(28)15-31-21-18-5-4-6-19(18)27(22(29)24-21)26-13-11-25(2)12-14-26/h7-10H,3-6,11-15H2,1-2H3,(H,23,28). The van der Waals surface area contributed by atoms with Crippen molar-refractivity contribution in [2.75, 3.05) is 55.9 Å². The van der Waals surface area contributed by atoms with Gasteiger partial charge in [-0.25, -0.2) is 9.47 Å². The van der Waals surface area contributed by atoms with Gasteiger partial charge in [-0.1, -0.05) is 11.8 Å². The van der Waals surface area contributed by atoms with Crippen LogP contribution in [0.15, 0.2) is 34.1 Å². The number of fused-ring (bicyclic) bond motifs is 1. The first kappa shape index (κ1) is 21.7. The van der Waals surface area contributed by atoms with Crippen LogP contribution in [0.5, 0.6) is 5.75 Å². The lowest BCUT2D eigenvalue weighted by Gasteiger charge is -2.35. The van der Waals surface area contributed by atoms with Crippen molar-refractivity contribution in [2.24, 2.45) is 0 Å². The largest absolute Gasteiger partial charge is 0.494 e. The summed E-state index contributed by atoms with van der Waals surface area (Å²) in [5.74, 6) is 0.867. The van der Waals surface area contributed by atoms with Crippen LogP contribution in [0.1, 0.15) is 24.6 Å². The predicted octanol–water partition coefficient (Wildman–Crippen LogP) is 1.74. The fourth-order valence-electron chi connectivity index (χ4n) is 4.05. The van der Waals surface area contributed by atoms with Crippen molar-refractivity contribution in [2.45, 2.75) is 31.2 Å². The van der Waals surface area contributed by atoms with Crippen LogP contribution in [0.2, 0.25) is 0 Å². The lowest BCUT2D eigenvalue weighted by molar-refractivity contribution is -0.113. The number of carbonyl (C=O) groups excluding carboxylic acids is 1. The molecule has 9 heteroatoms. The molecule has 2 aromatic rings. The molecule has 2 heterocycles. The molecule has 1 aromatic heterocycles. The first-order chi connectivity index (χ1) is 15.0. The Morgan fingerprint density at radius 3 is 2.61 bits per heavy atom. The Morgan fingerprint density at radius 2 is 1.90 bits per heavy atom. The third-order valence-electron chi connectivity index (χ3n) is 5.63. The van der Waals surface area contributed by atoms with Gasteiger partial charge in [0.05, 0.1) is 18.1 Å². The number of hydrogen-bond donors (Lipinski definition) is 1. The number of carbonyl (C=O) groups is 1. The summed E-state index contributed by atoms with van der Waals surface area (Å²) >= 11 is 1.35. The third-order valence-corrected chi connectivity index (χ3v) is 6.65. The number of rotatable bonds is 7. The minimum absolute atomic E-state index is 0.119. The number of thioether (sulfide) groups is 1. The topological polar surface area (TPSA) is 79.7 Å². The van der Waals surface area contributed by atoms with Crippen molar-refractivity contribution in [3.63, 3.8) is 0 Å². The molecule has 1 saturated heterocycles. The summed E-state index contributed by atoms with van der Waals surface area (Å²) in [5.41, 5.74) is 2.67. The molecule has 0 radical (unpaired) electrons. The number of amides is 1. The monoisotopic (exact) mass is 443 g/mol. The molecule has 0 saturated carbocycles. The quantitative estimate of drug-likeness (QED) is 0.516. The number of hydrogen-bond acceptors (Lipinski definition) is 7. The van der Waals surface area contributed by atoms with Crippen LogP contribution in [0.25, 0.3) is 0 Å². The highest BCUT2D eigenvalue weighted by Gasteiger charge is 2.26. The van der Waals surface area contributed by atoms with Gasteiger partial charge in [0, 0.05) is 37.4 Å². The van der Waals surface area contributed by atoms with Crippen molar-refractivity contribution in [1.82, 2.24) is 14.6 Å². The molecular weight excluding hydrogens is 414 g/mol. The zero-order chi connectivity index (χ0) is 21.8. The lowest BCUT2D eigenvalue weighted by atomic mass is 10.3. The van der Waals surface area contributed by atoms with E-state index < -0.39 is 0 Å². The van der Waals surface area contributed by atoms with Crippen LogP contribution in [0.3, 0.4) is 0 Å². The Hall–Kier alpha value is -2.52. The second kappa shape index (κ2) is 9.74. The molecule has 0 unspecified atom stereocenters. The summed E-state index contributed by atoms with van der Waals surface area (Å²) in [6, 6.07) is 7.30. The minimum atomic E-state index is -0.236. The van der Waals surface area contributed by atoms with Gasteiger partial charge in [0.25, 0.3) is 0 Å². The number of piperazine rings is 1. The Morgan fingerprint density at radius 1 is 1.16 bits per heavy atom. The van der Waals surface area contributed by atoms with Gasteiger partial charge in [-0.2, -0.15) is 4.98 Å². The van der Waals surface area contributed by atoms with E-state index in [2.05, 4.69) is 27.3 Å². The van der Waals surface area contributed by atoms with Gasteiger partial charge in [-0.05, 0) is 57.5 Å². The van der Waals surface area contributed by atoms with Crippen molar-refractivity contribution >= 4 is 23.4 Å². The van der Waals surface area contributed by atoms with Gasteiger partial charge in [0.2, 0.25) is 5.91 Å². The van der Waals surface area contributed by atoms with Crippen LogP contribution < -0.4 is 20.8 Å². The molecule has 4 rings (SSSR count). The van der Waals surface area contributed by atoms with Gasteiger partial charge in [0.15, 0.2) is 0 Å². The van der Waals surface area contributed by atoms with E-state index in [1.54, 1.807) is 4.68 Å². The number of anilines is 1. The number of nitrogens with zero attached hydrogens (tertiary/aromatic N) is 4. The smallest absolute Gasteiger partial charge is 0.367 e. The van der Waals surface area contributed by atoms with Crippen LogP contribution in [-0.4, -0.2) is 66.1 Å². The summed E-state index contributed by atoms with van der Waals surface area (Å²) in [4.78, 5) is 31.9. The highest BCUT2D eigenvalue weighted by atomic mass is 32.2. The van der Waals surface area contributed by atoms with Crippen molar-refractivity contribution in [3.8, 4) is 5.75 Å². The molecule has 31 heavy (non-hydrogen) atoms. The second-order valence-corrected chi connectivity index (χ2v) is 8.81. The molecule has 0 spiro atoms. The molecule has 1 amide bonds. The first-order valence-electron chi connectivity index (χ1n) is 10.8. The molecule has 1 N–H and O–H groups in total. The van der Waals surface area contributed by atoms with E-state index in [0.29, 0.717) is 11.6 Å². The normalized spacial score (nSPS) is 16.3. The maximum Gasteiger partial charge on any atom is 0.367 e. The highest BCUT2D eigenvalue weighted by Crippen LogP contribution is 2.29. The zero-order valence-electron chi connectivity index (χ0n) is 18.1. The van der Waals surface area contributed by atoms with Crippen LogP contribution in [0.4, 0.5) is 5.69 Å². The minimum Gasteiger partial charge on any atom is -0.494 e. The zero-order valence-corrected chi connectivity index (χ0v) is 18.9. The molecule has 1 fully saturated rings. The van der Waals surface area contributed by atoms with Crippen molar-refractivity contribution in [3.05, 3.63) is 46.0 Å². The fraction of sp³-hybridized carbons (Fsp3) is 0.500. The van der Waals surface area contributed by atoms with Gasteiger partial charge in [-0.15, -0.1) is 0 Å². The summed E-state index contributed by atoms with van der Waals surface area (Å²) in [7, 11) is 2.10. The van der Waals surface area contributed by atoms with E-state index in [9.17, 15) is 9.59 Å². The number of ether oxygens (including phenoxy) is 1. The van der Waals surface area contributed by atoms with E-state index in [4.69, 9.17) is 4.74 Å². The van der Waals surface area contributed by atoms with E-state index in [1.165, 1.54) is 11.8 Å². The molecular formula is C22H29N5O3S.